The van der Waals surface area contributed by atoms with Gasteiger partial charge in [0.15, 0.2) is 0 Å². The van der Waals surface area contributed by atoms with Gasteiger partial charge in [0.25, 0.3) is 0 Å². The number of carbonyl (C=O) groups excluding carboxylic acids is 1. The van der Waals surface area contributed by atoms with Gasteiger partial charge in [-0.25, -0.2) is 15.0 Å². The van der Waals surface area contributed by atoms with Crippen molar-refractivity contribution in [3.63, 3.8) is 0 Å². The van der Waals surface area contributed by atoms with Gasteiger partial charge in [0.2, 0.25) is 5.91 Å². The molecule has 138 valence electrons. The average Bonchev–Trinajstić information content (AvgIpc) is 3.10. The number of anilines is 1. The number of piperidine rings is 1. The van der Waals surface area contributed by atoms with E-state index in [4.69, 9.17) is 0 Å². The molecule has 2 aliphatic heterocycles. The number of amides is 1. The Balaban J connectivity index is 1.37. The molecule has 2 aromatic heterocycles. The molecule has 4 heterocycles. The number of nitrogens with zero attached hydrogens (tertiary/aromatic N) is 6. The lowest BCUT2D eigenvalue weighted by molar-refractivity contribution is -0.136. The Morgan fingerprint density at radius 2 is 1.69 bits per heavy atom. The summed E-state index contributed by atoms with van der Waals surface area (Å²) in [6, 6.07) is 1.98. The van der Waals surface area contributed by atoms with Crippen LogP contribution in [-0.4, -0.2) is 56.5 Å². The van der Waals surface area contributed by atoms with Crippen molar-refractivity contribution < 1.29 is 4.79 Å². The molecule has 7 nitrogen and oxygen atoms in total. The zero-order valence-electron chi connectivity index (χ0n) is 15.1. The molecule has 7 heteroatoms. The SMILES string of the molecule is O=C(C1CCN(c2cc(-n3ccnc3)ncn2)CC1)N1CCCCCC1. The lowest BCUT2D eigenvalue weighted by atomic mass is 9.95. The maximum atomic E-state index is 12.8. The van der Waals surface area contributed by atoms with Crippen LogP contribution in [0, 0.1) is 5.92 Å². The van der Waals surface area contributed by atoms with Crippen molar-refractivity contribution in [2.75, 3.05) is 31.1 Å². The summed E-state index contributed by atoms with van der Waals surface area (Å²) in [6.07, 6.45) is 13.6. The van der Waals surface area contributed by atoms with E-state index in [1.54, 1.807) is 18.9 Å². The van der Waals surface area contributed by atoms with Gasteiger partial charge in [0.1, 0.15) is 24.3 Å². The zero-order valence-corrected chi connectivity index (χ0v) is 15.1. The average molecular weight is 354 g/mol. The van der Waals surface area contributed by atoms with E-state index < -0.39 is 0 Å². The Morgan fingerprint density at radius 1 is 0.962 bits per heavy atom. The second-order valence-corrected chi connectivity index (χ2v) is 7.21. The van der Waals surface area contributed by atoms with Gasteiger partial charge in [0, 0.05) is 50.6 Å². The lowest BCUT2D eigenvalue weighted by Gasteiger charge is -2.34. The van der Waals surface area contributed by atoms with Crippen molar-refractivity contribution >= 4 is 11.7 Å². The fraction of sp³-hybridized carbons (Fsp3) is 0.579. The molecule has 0 atom stereocenters. The van der Waals surface area contributed by atoms with E-state index in [1.165, 1.54) is 12.8 Å². The largest absolute Gasteiger partial charge is 0.356 e. The van der Waals surface area contributed by atoms with Crippen LogP contribution in [0.15, 0.2) is 31.1 Å². The summed E-state index contributed by atoms with van der Waals surface area (Å²) in [5.41, 5.74) is 0. The second-order valence-electron chi connectivity index (χ2n) is 7.21. The van der Waals surface area contributed by atoms with Gasteiger partial charge >= 0.3 is 0 Å². The third-order valence-corrected chi connectivity index (χ3v) is 5.49. The summed E-state index contributed by atoms with van der Waals surface area (Å²) in [4.78, 5) is 30.0. The van der Waals surface area contributed by atoms with Gasteiger partial charge < -0.3 is 9.80 Å². The molecule has 2 saturated heterocycles. The van der Waals surface area contributed by atoms with Crippen molar-refractivity contribution in [3.8, 4) is 5.82 Å². The molecule has 4 rings (SSSR count). The van der Waals surface area contributed by atoms with Crippen molar-refractivity contribution in [2.24, 2.45) is 5.92 Å². The maximum Gasteiger partial charge on any atom is 0.225 e. The highest BCUT2D eigenvalue weighted by molar-refractivity contribution is 5.79. The first kappa shape index (κ1) is 17.0. The Kier molecular flexibility index (Phi) is 5.13. The number of rotatable bonds is 3. The molecule has 2 aromatic rings. The zero-order chi connectivity index (χ0) is 17.8. The maximum absolute atomic E-state index is 12.8. The molecule has 1 amide bonds. The van der Waals surface area contributed by atoms with Gasteiger partial charge in [-0.05, 0) is 25.7 Å². The number of carbonyl (C=O) groups is 1. The van der Waals surface area contributed by atoms with Crippen LogP contribution in [0.3, 0.4) is 0 Å². The number of aromatic nitrogens is 4. The highest BCUT2D eigenvalue weighted by Crippen LogP contribution is 2.25. The Bertz CT molecular complexity index is 715. The first-order valence-electron chi connectivity index (χ1n) is 9.65. The fourth-order valence-corrected chi connectivity index (χ4v) is 3.95. The normalized spacial score (nSPS) is 19.4. The third kappa shape index (κ3) is 3.71. The molecule has 0 saturated carbocycles. The standard InChI is InChI=1S/C19H26N6O/c26-19(24-8-3-1-2-4-9-24)16-5-10-23(11-6-16)17-13-18(22-14-21-17)25-12-7-20-15-25/h7,12-16H,1-6,8-11H2. The minimum absolute atomic E-state index is 0.166. The van der Waals surface area contributed by atoms with E-state index in [9.17, 15) is 4.79 Å². The predicted octanol–water partition coefficient (Wildman–Crippen LogP) is 2.28. The predicted molar refractivity (Wildman–Crippen MR) is 99.1 cm³/mol. The first-order valence-corrected chi connectivity index (χ1v) is 9.65. The van der Waals surface area contributed by atoms with Crippen molar-refractivity contribution in [1.82, 2.24) is 24.4 Å². The molecule has 0 radical (unpaired) electrons. The van der Waals surface area contributed by atoms with Gasteiger partial charge in [-0.1, -0.05) is 12.8 Å². The Hall–Kier alpha value is -2.44. The minimum Gasteiger partial charge on any atom is -0.356 e. The lowest BCUT2D eigenvalue weighted by Crippen LogP contribution is -2.43. The number of hydrogen-bond acceptors (Lipinski definition) is 5. The van der Waals surface area contributed by atoms with E-state index in [2.05, 4.69) is 24.8 Å². The quantitative estimate of drug-likeness (QED) is 0.846. The molecule has 0 bridgehead atoms. The first-order chi connectivity index (χ1) is 12.8. The third-order valence-electron chi connectivity index (χ3n) is 5.49. The van der Waals surface area contributed by atoms with Gasteiger partial charge in [-0.2, -0.15) is 0 Å². The van der Waals surface area contributed by atoms with Crippen LogP contribution in [0.2, 0.25) is 0 Å². The second kappa shape index (κ2) is 7.85. The summed E-state index contributed by atoms with van der Waals surface area (Å²) < 4.78 is 1.88. The van der Waals surface area contributed by atoms with Crippen LogP contribution >= 0.6 is 0 Å². The number of hydrogen-bond donors (Lipinski definition) is 0. The van der Waals surface area contributed by atoms with E-state index >= 15 is 0 Å². The van der Waals surface area contributed by atoms with E-state index in [-0.39, 0.29) is 5.92 Å². The smallest absolute Gasteiger partial charge is 0.225 e. The highest BCUT2D eigenvalue weighted by Gasteiger charge is 2.29. The van der Waals surface area contributed by atoms with E-state index in [0.29, 0.717) is 5.91 Å². The molecule has 26 heavy (non-hydrogen) atoms. The molecule has 0 spiro atoms. The molecular weight excluding hydrogens is 328 g/mol. The number of imidazole rings is 1. The Morgan fingerprint density at radius 3 is 2.38 bits per heavy atom. The summed E-state index contributed by atoms with van der Waals surface area (Å²) in [5, 5.41) is 0. The van der Waals surface area contributed by atoms with Crippen LogP contribution in [-0.2, 0) is 4.79 Å². The van der Waals surface area contributed by atoms with Crippen LogP contribution in [0.25, 0.3) is 5.82 Å². The van der Waals surface area contributed by atoms with E-state index in [1.807, 2.05) is 16.8 Å². The van der Waals surface area contributed by atoms with Crippen molar-refractivity contribution in [3.05, 3.63) is 31.1 Å². The monoisotopic (exact) mass is 354 g/mol. The summed E-state index contributed by atoms with van der Waals surface area (Å²) in [7, 11) is 0. The molecule has 2 fully saturated rings. The van der Waals surface area contributed by atoms with Crippen LogP contribution in [0.4, 0.5) is 5.82 Å². The minimum atomic E-state index is 0.166. The van der Waals surface area contributed by atoms with Gasteiger partial charge in [-0.15, -0.1) is 0 Å². The summed E-state index contributed by atoms with van der Waals surface area (Å²) in [5.74, 6) is 2.27. The van der Waals surface area contributed by atoms with Gasteiger partial charge in [0.05, 0.1) is 0 Å². The summed E-state index contributed by atoms with van der Waals surface area (Å²) in [6.45, 7) is 3.62. The van der Waals surface area contributed by atoms with Crippen LogP contribution in [0.1, 0.15) is 38.5 Å². The van der Waals surface area contributed by atoms with Crippen LogP contribution < -0.4 is 4.90 Å². The molecule has 2 aliphatic rings. The molecule has 0 unspecified atom stereocenters. The van der Waals surface area contributed by atoms with Crippen molar-refractivity contribution in [1.29, 1.82) is 0 Å². The summed E-state index contributed by atoms with van der Waals surface area (Å²) >= 11 is 0. The highest BCUT2D eigenvalue weighted by atomic mass is 16.2. The van der Waals surface area contributed by atoms with E-state index in [0.717, 1.165) is 63.5 Å². The topological polar surface area (TPSA) is 67.2 Å². The number of likely N-dealkylation sites (tertiary alicyclic amines) is 1. The molecule has 0 aromatic carbocycles. The van der Waals surface area contributed by atoms with Crippen molar-refractivity contribution in [2.45, 2.75) is 38.5 Å². The molecular formula is C19H26N6O. The van der Waals surface area contributed by atoms with Gasteiger partial charge in [-0.3, -0.25) is 9.36 Å². The molecule has 0 aliphatic carbocycles. The fourth-order valence-electron chi connectivity index (χ4n) is 3.95. The molecule has 0 N–H and O–H groups in total. The van der Waals surface area contributed by atoms with Crippen LogP contribution in [0.5, 0.6) is 0 Å². The Labute approximate surface area is 154 Å².